The topological polar surface area (TPSA) is 134 Å². The molecular formula is C30H33N3O7. The van der Waals surface area contributed by atoms with Gasteiger partial charge in [0.1, 0.15) is 17.4 Å². The van der Waals surface area contributed by atoms with Crippen molar-refractivity contribution in [3.8, 4) is 5.75 Å². The molecule has 10 nitrogen and oxygen atoms in total. The van der Waals surface area contributed by atoms with Gasteiger partial charge in [0.2, 0.25) is 0 Å². The molecule has 0 aromatic heterocycles. The molecule has 0 radical (unpaired) electrons. The summed E-state index contributed by atoms with van der Waals surface area (Å²) in [5.74, 6) is -1.74. The fourth-order valence-corrected chi connectivity index (χ4v) is 5.94. The van der Waals surface area contributed by atoms with Gasteiger partial charge < -0.3 is 30.1 Å². The molecule has 2 saturated heterocycles. The average molecular weight is 548 g/mol. The Balaban J connectivity index is 1.40. The van der Waals surface area contributed by atoms with Crippen molar-refractivity contribution in [2.75, 3.05) is 24.3 Å². The van der Waals surface area contributed by atoms with E-state index in [1.807, 2.05) is 51.1 Å². The van der Waals surface area contributed by atoms with Gasteiger partial charge in [0, 0.05) is 12.5 Å². The molecule has 2 aliphatic heterocycles. The number of rotatable bonds is 8. The predicted octanol–water partition coefficient (Wildman–Crippen LogP) is 3.48. The zero-order chi connectivity index (χ0) is 28.8. The Kier molecular flexibility index (Phi) is 7.14. The van der Waals surface area contributed by atoms with E-state index in [1.54, 1.807) is 6.07 Å². The number of aromatic hydroxyl groups is 1. The van der Waals surface area contributed by atoms with Gasteiger partial charge in [-0.25, -0.2) is 4.79 Å². The van der Waals surface area contributed by atoms with E-state index in [4.69, 9.17) is 9.47 Å². The molecule has 5 rings (SSSR count). The zero-order valence-corrected chi connectivity index (χ0v) is 22.9. The van der Waals surface area contributed by atoms with Gasteiger partial charge in [0.15, 0.2) is 5.75 Å². The van der Waals surface area contributed by atoms with Crippen molar-refractivity contribution in [2.24, 2.45) is 5.92 Å². The maximum atomic E-state index is 13.7. The fourth-order valence-electron chi connectivity index (χ4n) is 5.94. The first-order chi connectivity index (χ1) is 19.1. The molecule has 4 atom stereocenters. The van der Waals surface area contributed by atoms with Crippen molar-refractivity contribution in [1.82, 2.24) is 4.90 Å². The van der Waals surface area contributed by atoms with Crippen LogP contribution in [0.15, 0.2) is 58.1 Å². The number of fused-ring (bicyclic) bond motifs is 1. The number of hydrogen-bond acceptors (Lipinski definition) is 9. The summed E-state index contributed by atoms with van der Waals surface area (Å²) in [6.07, 6.45) is 0.911. The largest absolute Gasteiger partial charge is 0.505 e. The minimum absolute atomic E-state index is 0.0121. The van der Waals surface area contributed by atoms with Crippen LogP contribution in [0.3, 0.4) is 0 Å². The van der Waals surface area contributed by atoms with Gasteiger partial charge in [-0.05, 0) is 44.4 Å². The maximum Gasteiger partial charge on any atom is 0.328 e. The van der Waals surface area contributed by atoms with Crippen LogP contribution in [0.2, 0.25) is 0 Å². The Hall–Kier alpha value is -4.18. The predicted molar refractivity (Wildman–Crippen MR) is 150 cm³/mol. The van der Waals surface area contributed by atoms with Crippen molar-refractivity contribution in [2.45, 2.75) is 57.4 Å². The van der Waals surface area contributed by atoms with Gasteiger partial charge in [-0.1, -0.05) is 43.3 Å². The number of hydrogen-bond donors (Lipinski definition) is 3. The Morgan fingerprint density at radius 3 is 2.48 bits per heavy atom. The van der Waals surface area contributed by atoms with Crippen molar-refractivity contribution in [1.29, 1.82) is 0 Å². The summed E-state index contributed by atoms with van der Waals surface area (Å²) in [5, 5.41) is 17.1. The molecule has 4 unspecified atom stereocenters. The molecule has 2 fully saturated rings. The summed E-state index contributed by atoms with van der Waals surface area (Å²) in [7, 11) is 1.28. The summed E-state index contributed by atoms with van der Waals surface area (Å²) in [6.45, 7) is 6.03. The number of likely N-dealkylation sites (tertiary alicyclic amines) is 1. The van der Waals surface area contributed by atoms with Crippen molar-refractivity contribution in [3.05, 3.63) is 80.1 Å². The summed E-state index contributed by atoms with van der Waals surface area (Å²) in [5.41, 5.74) is -0.681. The molecule has 40 heavy (non-hydrogen) atoms. The Bertz CT molecular complexity index is 1510. The number of benzene rings is 2. The lowest BCUT2D eigenvalue weighted by Gasteiger charge is -2.28. The first kappa shape index (κ1) is 27.4. The van der Waals surface area contributed by atoms with Crippen LogP contribution >= 0.6 is 0 Å². The third kappa shape index (κ3) is 4.72. The standard InChI is InChI=1S/C30H33N3O7/c1-5-19(16-10-7-6-8-11-16)31-22-23(27(36)26(22)35)32-20-13-9-12-17(25(20)34)28(37)33-15-21-18(14-30(2,3)40-21)24(33)29(38)39-4/h6-13,18-19,21,24,31-32,34H,5,14-15H2,1-4H3. The van der Waals surface area contributed by atoms with Crippen molar-refractivity contribution in [3.63, 3.8) is 0 Å². The van der Waals surface area contributed by atoms with Crippen LogP contribution in [0.25, 0.3) is 0 Å². The number of carbonyl (C=O) groups is 2. The Morgan fingerprint density at radius 2 is 1.80 bits per heavy atom. The molecule has 0 aliphatic carbocycles. The number of carbonyl (C=O) groups excluding carboxylic acids is 2. The highest BCUT2D eigenvalue weighted by molar-refractivity contribution is 6.01. The molecular weight excluding hydrogens is 514 g/mol. The second-order valence-corrected chi connectivity index (χ2v) is 11.0. The van der Waals surface area contributed by atoms with Crippen molar-refractivity contribution < 1.29 is 24.2 Å². The van der Waals surface area contributed by atoms with Crippen LogP contribution in [0, 0.1) is 5.92 Å². The van der Waals surface area contributed by atoms with E-state index in [9.17, 15) is 24.3 Å². The Morgan fingerprint density at radius 1 is 1.10 bits per heavy atom. The van der Waals surface area contributed by atoms with E-state index in [-0.39, 0.29) is 47.2 Å². The molecule has 2 heterocycles. The number of nitrogens with one attached hydrogen (secondary N) is 2. The molecule has 3 N–H and O–H groups in total. The summed E-state index contributed by atoms with van der Waals surface area (Å²) in [4.78, 5) is 52.8. The summed E-state index contributed by atoms with van der Waals surface area (Å²) in [6, 6.07) is 13.0. The minimum Gasteiger partial charge on any atom is -0.505 e. The molecule has 0 bridgehead atoms. The second kappa shape index (κ2) is 10.4. The number of ether oxygens (including phenoxy) is 2. The lowest BCUT2D eigenvalue weighted by molar-refractivity contribution is -0.146. The number of phenols is 1. The highest BCUT2D eigenvalue weighted by Crippen LogP contribution is 2.44. The van der Waals surface area contributed by atoms with Crippen LogP contribution < -0.4 is 21.5 Å². The molecule has 1 amide bonds. The number of para-hydroxylation sites is 1. The number of phenolic OH excluding ortho intramolecular Hbond substituents is 1. The van der Waals surface area contributed by atoms with Crippen molar-refractivity contribution >= 4 is 28.9 Å². The first-order valence-corrected chi connectivity index (χ1v) is 13.4. The fraction of sp³-hybridized carbons (Fsp3) is 0.400. The van der Waals surface area contributed by atoms with Crippen LogP contribution in [0.5, 0.6) is 5.75 Å². The summed E-state index contributed by atoms with van der Waals surface area (Å²) < 4.78 is 11.1. The molecule has 2 aliphatic rings. The number of nitrogens with zero attached hydrogens (tertiary/aromatic N) is 1. The average Bonchev–Trinajstić information content (AvgIpc) is 3.44. The quantitative estimate of drug-likeness (QED) is 0.220. The van der Waals surface area contributed by atoms with Gasteiger partial charge in [-0.3, -0.25) is 14.4 Å². The first-order valence-electron chi connectivity index (χ1n) is 13.4. The Labute approximate surface area is 231 Å². The SMILES string of the molecule is CCC(Nc1c(Nc2cccc(C(=O)N3CC4OC(C)(C)CC4C3C(=O)OC)c2O)c(=O)c1=O)c1ccccc1. The number of esters is 1. The van der Waals surface area contributed by atoms with E-state index in [1.165, 1.54) is 24.1 Å². The molecule has 0 spiro atoms. The number of anilines is 3. The number of methoxy groups -OCH3 is 1. The van der Waals surface area contributed by atoms with E-state index >= 15 is 0 Å². The van der Waals surface area contributed by atoms with Crippen LogP contribution in [-0.4, -0.2) is 53.3 Å². The summed E-state index contributed by atoms with van der Waals surface area (Å²) >= 11 is 0. The molecule has 210 valence electrons. The van der Waals surface area contributed by atoms with Gasteiger partial charge in [0.05, 0.1) is 36.1 Å². The van der Waals surface area contributed by atoms with Gasteiger partial charge in [-0.15, -0.1) is 0 Å². The molecule has 3 aromatic rings. The van der Waals surface area contributed by atoms with E-state index in [2.05, 4.69) is 10.6 Å². The highest BCUT2D eigenvalue weighted by Gasteiger charge is 2.56. The van der Waals surface area contributed by atoms with Crippen LogP contribution in [-0.2, 0) is 14.3 Å². The normalized spacial score (nSPS) is 22.1. The monoisotopic (exact) mass is 547 g/mol. The molecule has 3 aromatic carbocycles. The lowest BCUT2D eigenvalue weighted by Crippen LogP contribution is -2.45. The molecule has 0 saturated carbocycles. The minimum atomic E-state index is -0.853. The maximum absolute atomic E-state index is 13.7. The van der Waals surface area contributed by atoms with E-state index in [0.29, 0.717) is 12.8 Å². The van der Waals surface area contributed by atoms with Crippen LogP contribution in [0.4, 0.5) is 17.1 Å². The zero-order valence-electron chi connectivity index (χ0n) is 22.9. The van der Waals surface area contributed by atoms with E-state index < -0.39 is 40.1 Å². The third-order valence-electron chi connectivity index (χ3n) is 7.86. The van der Waals surface area contributed by atoms with Gasteiger partial charge in [-0.2, -0.15) is 0 Å². The highest BCUT2D eigenvalue weighted by atomic mass is 16.5. The van der Waals surface area contributed by atoms with Gasteiger partial charge >= 0.3 is 5.97 Å². The van der Waals surface area contributed by atoms with Gasteiger partial charge in [0.25, 0.3) is 16.8 Å². The second-order valence-electron chi connectivity index (χ2n) is 11.0. The van der Waals surface area contributed by atoms with E-state index in [0.717, 1.165) is 5.56 Å². The lowest BCUT2D eigenvalue weighted by atomic mass is 9.90. The smallest absolute Gasteiger partial charge is 0.328 e. The third-order valence-corrected chi connectivity index (χ3v) is 7.86. The number of amides is 1. The van der Waals surface area contributed by atoms with Crippen LogP contribution in [0.1, 0.15) is 55.6 Å². The molecule has 10 heteroatoms.